The van der Waals surface area contributed by atoms with Crippen molar-refractivity contribution in [2.75, 3.05) is 0 Å². The number of aromatic carboxylic acids is 1. The first-order valence-corrected chi connectivity index (χ1v) is 5.89. The zero-order valence-corrected chi connectivity index (χ0v) is 10.6. The molecule has 3 rings (SSSR count). The summed E-state index contributed by atoms with van der Waals surface area (Å²) >= 11 is 0. The number of primary amides is 1. The van der Waals surface area contributed by atoms with E-state index in [9.17, 15) is 9.59 Å². The maximum absolute atomic E-state index is 11.2. The van der Waals surface area contributed by atoms with Crippen LogP contribution in [0.3, 0.4) is 0 Å². The molecular formula is C13H9N5O3. The van der Waals surface area contributed by atoms with E-state index in [1.165, 1.54) is 35.5 Å². The fraction of sp³-hybridized carbons (Fsp3) is 0. The van der Waals surface area contributed by atoms with Gasteiger partial charge < -0.3 is 10.8 Å². The third-order valence-electron chi connectivity index (χ3n) is 2.97. The van der Waals surface area contributed by atoms with Crippen LogP contribution < -0.4 is 5.73 Å². The summed E-state index contributed by atoms with van der Waals surface area (Å²) in [5.74, 6) is -1.74. The third-order valence-corrected chi connectivity index (χ3v) is 2.97. The van der Waals surface area contributed by atoms with Crippen molar-refractivity contribution in [2.45, 2.75) is 0 Å². The van der Waals surface area contributed by atoms with E-state index < -0.39 is 11.9 Å². The van der Waals surface area contributed by atoms with Crippen LogP contribution in [0.25, 0.3) is 16.6 Å². The summed E-state index contributed by atoms with van der Waals surface area (Å²) in [6, 6.07) is 3.11. The van der Waals surface area contributed by atoms with Crippen molar-refractivity contribution in [3.05, 3.63) is 48.2 Å². The third kappa shape index (κ3) is 2.08. The Bertz CT molecular complexity index is 871. The minimum Gasteiger partial charge on any atom is -0.478 e. The standard InChI is InChI=1S/C13H9N5O3/c14-12(19)10-3-7(1-2-16-10)18-11-6-15-4-9(13(20)21)8(11)5-17-18/h1-6H,(H2,14,19)(H,20,21). The van der Waals surface area contributed by atoms with Crippen molar-refractivity contribution in [3.8, 4) is 5.69 Å². The predicted molar refractivity (Wildman–Crippen MR) is 72.1 cm³/mol. The molecule has 8 heteroatoms. The molecule has 0 fully saturated rings. The lowest BCUT2D eigenvalue weighted by Gasteiger charge is -2.04. The number of rotatable bonds is 3. The van der Waals surface area contributed by atoms with E-state index in [4.69, 9.17) is 10.8 Å². The molecule has 3 heterocycles. The summed E-state index contributed by atoms with van der Waals surface area (Å²) in [6.45, 7) is 0. The molecule has 8 nitrogen and oxygen atoms in total. The molecule has 0 bridgehead atoms. The van der Waals surface area contributed by atoms with Crippen molar-refractivity contribution < 1.29 is 14.7 Å². The van der Waals surface area contributed by atoms with Crippen LogP contribution in [-0.4, -0.2) is 36.7 Å². The van der Waals surface area contributed by atoms with Gasteiger partial charge in [0.2, 0.25) is 0 Å². The second-order valence-corrected chi connectivity index (χ2v) is 4.24. The van der Waals surface area contributed by atoms with Crippen LogP contribution in [0.5, 0.6) is 0 Å². The van der Waals surface area contributed by atoms with Crippen LogP contribution in [0.15, 0.2) is 36.9 Å². The minimum absolute atomic E-state index is 0.0583. The average molecular weight is 283 g/mol. The van der Waals surface area contributed by atoms with Gasteiger partial charge in [-0.15, -0.1) is 0 Å². The molecule has 0 aliphatic rings. The molecule has 3 aromatic heterocycles. The van der Waals surface area contributed by atoms with E-state index in [1.807, 2.05) is 0 Å². The molecule has 21 heavy (non-hydrogen) atoms. The molecule has 0 aliphatic heterocycles. The first-order valence-electron chi connectivity index (χ1n) is 5.89. The van der Waals surface area contributed by atoms with Gasteiger partial charge in [0.25, 0.3) is 5.91 Å². The van der Waals surface area contributed by atoms with Crippen LogP contribution in [-0.2, 0) is 0 Å². The van der Waals surface area contributed by atoms with Crippen molar-refractivity contribution in [3.63, 3.8) is 0 Å². The Morgan fingerprint density at radius 2 is 2.05 bits per heavy atom. The van der Waals surface area contributed by atoms with Gasteiger partial charge in [-0.05, 0) is 12.1 Å². The van der Waals surface area contributed by atoms with Crippen LogP contribution in [0.4, 0.5) is 0 Å². The van der Waals surface area contributed by atoms with Gasteiger partial charge in [-0.1, -0.05) is 0 Å². The van der Waals surface area contributed by atoms with Gasteiger partial charge >= 0.3 is 5.97 Å². The molecule has 3 aromatic rings. The Labute approximate surface area is 117 Å². The molecule has 0 aliphatic carbocycles. The average Bonchev–Trinajstić information content (AvgIpc) is 2.91. The molecule has 3 N–H and O–H groups in total. The number of hydrogen-bond donors (Lipinski definition) is 2. The number of hydrogen-bond acceptors (Lipinski definition) is 5. The molecule has 0 saturated carbocycles. The highest BCUT2D eigenvalue weighted by Gasteiger charge is 2.14. The maximum Gasteiger partial charge on any atom is 0.338 e. The van der Waals surface area contributed by atoms with E-state index in [0.29, 0.717) is 16.6 Å². The van der Waals surface area contributed by atoms with Gasteiger partial charge in [-0.25, -0.2) is 9.48 Å². The highest BCUT2D eigenvalue weighted by atomic mass is 16.4. The van der Waals surface area contributed by atoms with Gasteiger partial charge in [-0.3, -0.25) is 14.8 Å². The molecule has 0 aromatic carbocycles. The SMILES string of the molecule is NC(=O)c1cc(-n2ncc3c(C(=O)O)cncc32)ccn1. The Morgan fingerprint density at radius 1 is 1.24 bits per heavy atom. The summed E-state index contributed by atoms with van der Waals surface area (Å²) in [4.78, 5) is 30.1. The van der Waals surface area contributed by atoms with Crippen LogP contribution in [0.1, 0.15) is 20.8 Å². The van der Waals surface area contributed by atoms with Crippen molar-refractivity contribution in [1.82, 2.24) is 19.7 Å². The van der Waals surface area contributed by atoms with Gasteiger partial charge in [-0.2, -0.15) is 5.10 Å². The molecule has 104 valence electrons. The van der Waals surface area contributed by atoms with E-state index >= 15 is 0 Å². The summed E-state index contributed by atoms with van der Waals surface area (Å²) in [5, 5.41) is 13.7. The van der Waals surface area contributed by atoms with Gasteiger partial charge in [0.05, 0.1) is 29.2 Å². The number of nitrogens with two attached hydrogens (primary N) is 1. The zero-order chi connectivity index (χ0) is 15.0. The lowest BCUT2D eigenvalue weighted by Crippen LogP contribution is -2.13. The molecule has 0 spiro atoms. The van der Waals surface area contributed by atoms with E-state index in [-0.39, 0.29) is 11.3 Å². The van der Waals surface area contributed by atoms with Crippen molar-refractivity contribution >= 4 is 22.8 Å². The van der Waals surface area contributed by atoms with Gasteiger partial charge in [0, 0.05) is 17.8 Å². The molecule has 0 unspecified atom stereocenters. The number of carbonyl (C=O) groups excluding carboxylic acids is 1. The summed E-state index contributed by atoms with van der Waals surface area (Å²) in [6.07, 6.45) is 5.62. The van der Waals surface area contributed by atoms with E-state index in [0.717, 1.165) is 0 Å². The normalized spacial score (nSPS) is 10.7. The minimum atomic E-state index is -1.08. The fourth-order valence-corrected chi connectivity index (χ4v) is 2.00. The quantitative estimate of drug-likeness (QED) is 0.725. The summed E-state index contributed by atoms with van der Waals surface area (Å²) < 4.78 is 1.48. The Kier molecular flexibility index (Phi) is 2.83. The number of amides is 1. The Balaban J connectivity index is 2.22. The predicted octanol–water partition coefficient (Wildman–Crippen LogP) is 0.613. The molecule has 0 saturated heterocycles. The number of aromatic nitrogens is 4. The molecule has 1 amide bonds. The van der Waals surface area contributed by atoms with Crippen molar-refractivity contribution in [1.29, 1.82) is 0 Å². The van der Waals surface area contributed by atoms with Crippen LogP contribution >= 0.6 is 0 Å². The monoisotopic (exact) mass is 283 g/mol. The summed E-state index contributed by atoms with van der Waals surface area (Å²) in [7, 11) is 0. The molecule has 0 atom stereocenters. The highest BCUT2D eigenvalue weighted by molar-refractivity contribution is 6.02. The number of pyridine rings is 2. The number of carbonyl (C=O) groups is 2. The molecule has 0 radical (unpaired) electrons. The smallest absolute Gasteiger partial charge is 0.338 e. The number of carboxylic acids is 1. The lowest BCUT2D eigenvalue weighted by molar-refractivity contribution is 0.0698. The van der Waals surface area contributed by atoms with Crippen LogP contribution in [0.2, 0.25) is 0 Å². The molecular weight excluding hydrogens is 274 g/mol. The number of fused-ring (bicyclic) bond motifs is 1. The summed E-state index contributed by atoms with van der Waals surface area (Å²) in [5.41, 5.74) is 6.40. The van der Waals surface area contributed by atoms with Gasteiger partial charge in [0.15, 0.2) is 0 Å². The van der Waals surface area contributed by atoms with Crippen molar-refractivity contribution in [2.24, 2.45) is 5.73 Å². The first-order chi connectivity index (χ1) is 10.1. The highest BCUT2D eigenvalue weighted by Crippen LogP contribution is 2.20. The maximum atomic E-state index is 11.2. The Morgan fingerprint density at radius 3 is 2.76 bits per heavy atom. The second kappa shape index (κ2) is 4.67. The first kappa shape index (κ1) is 12.7. The largest absolute Gasteiger partial charge is 0.478 e. The zero-order valence-electron chi connectivity index (χ0n) is 10.6. The van der Waals surface area contributed by atoms with E-state index in [2.05, 4.69) is 15.1 Å². The Hall–Kier alpha value is -3.29. The lowest BCUT2D eigenvalue weighted by atomic mass is 10.2. The number of nitrogens with zero attached hydrogens (tertiary/aromatic N) is 4. The fourth-order valence-electron chi connectivity index (χ4n) is 2.00. The number of carboxylic acid groups (broad SMARTS) is 1. The second-order valence-electron chi connectivity index (χ2n) is 4.24. The topological polar surface area (TPSA) is 124 Å². The van der Waals surface area contributed by atoms with Crippen LogP contribution in [0, 0.1) is 0 Å². The van der Waals surface area contributed by atoms with E-state index in [1.54, 1.807) is 6.07 Å². The van der Waals surface area contributed by atoms with Gasteiger partial charge in [0.1, 0.15) is 5.69 Å².